The quantitative estimate of drug-likeness (QED) is 0.737. The van der Waals surface area contributed by atoms with E-state index in [0.717, 1.165) is 17.4 Å². The van der Waals surface area contributed by atoms with Crippen molar-refractivity contribution in [2.75, 3.05) is 18.5 Å². The molecule has 1 heterocycles. The van der Waals surface area contributed by atoms with Gasteiger partial charge in [-0.25, -0.2) is 4.98 Å². The van der Waals surface area contributed by atoms with Gasteiger partial charge in [0.2, 0.25) is 0 Å². The highest BCUT2D eigenvalue weighted by atomic mass is 32.1. The molecule has 0 radical (unpaired) electrons. The number of carbonyl (C=O) groups excluding carboxylic acids is 1. The molecule has 0 atom stereocenters. The lowest BCUT2D eigenvalue weighted by Gasteiger charge is -2.27. The fraction of sp³-hybridized carbons (Fsp3) is 0.750. The predicted molar refractivity (Wildman–Crippen MR) is 86.7 cm³/mol. The van der Waals surface area contributed by atoms with Crippen LogP contribution in [0.1, 0.15) is 58.1 Å². The summed E-state index contributed by atoms with van der Waals surface area (Å²) in [5, 5.41) is 6.52. The second-order valence-corrected chi connectivity index (χ2v) is 6.72. The first-order chi connectivity index (χ1) is 10.2. The van der Waals surface area contributed by atoms with Crippen molar-refractivity contribution in [1.82, 2.24) is 4.98 Å². The van der Waals surface area contributed by atoms with Crippen LogP contribution in [0, 0.1) is 5.41 Å². The summed E-state index contributed by atoms with van der Waals surface area (Å²) in [7, 11) is 0. The summed E-state index contributed by atoms with van der Waals surface area (Å²) in [5.41, 5.74) is 1.45. The molecule has 1 N–H and O–H groups in total. The van der Waals surface area contributed by atoms with E-state index in [9.17, 15) is 4.79 Å². The summed E-state index contributed by atoms with van der Waals surface area (Å²) in [6.45, 7) is 5.59. The van der Waals surface area contributed by atoms with E-state index in [4.69, 9.17) is 4.74 Å². The first-order valence-electron chi connectivity index (χ1n) is 8.01. The molecule has 1 aromatic rings. The van der Waals surface area contributed by atoms with E-state index in [1.807, 2.05) is 12.3 Å². The van der Waals surface area contributed by atoms with Crippen LogP contribution in [0.2, 0.25) is 0 Å². The minimum Gasteiger partial charge on any atom is -0.466 e. The number of aromatic nitrogens is 1. The molecule has 1 aliphatic carbocycles. The molecule has 0 unspecified atom stereocenters. The first kappa shape index (κ1) is 16.3. The fourth-order valence-corrected chi connectivity index (χ4v) is 3.75. The van der Waals surface area contributed by atoms with E-state index in [1.165, 1.54) is 32.1 Å². The lowest BCUT2D eigenvalue weighted by molar-refractivity contribution is -0.143. The third-order valence-electron chi connectivity index (χ3n) is 4.47. The molecule has 1 saturated carbocycles. The SMILES string of the molecule is CCOC(=O)CCc1csc(NCC2(CC)CCCC2)n1. The predicted octanol–water partition coefficient (Wildman–Crippen LogP) is 4.02. The van der Waals surface area contributed by atoms with Crippen molar-refractivity contribution < 1.29 is 9.53 Å². The Morgan fingerprint density at radius 3 is 2.86 bits per heavy atom. The van der Waals surface area contributed by atoms with E-state index in [0.29, 0.717) is 24.9 Å². The lowest BCUT2D eigenvalue weighted by Crippen LogP contribution is -2.25. The number of rotatable bonds is 8. The normalized spacial score (nSPS) is 16.9. The van der Waals surface area contributed by atoms with Crippen molar-refractivity contribution in [3.8, 4) is 0 Å². The van der Waals surface area contributed by atoms with Gasteiger partial charge in [-0.15, -0.1) is 11.3 Å². The average molecular weight is 310 g/mol. The van der Waals surface area contributed by atoms with Gasteiger partial charge >= 0.3 is 5.97 Å². The molecule has 0 aliphatic heterocycles. The number of carbonyl (C=O) groups is 1. The van der Waals surface area contributed by atoms with Crippen molar-refractivity contribution in [3.63, 3.8) is 0 Å². The third kappa shape index (κ3) is 4.70. The monoisotopic (exact) mass is 310 g/mol. The van der Waals surface area contributed by atoms with Gasteiger partial charge in [0, 0.05) is 18.3 Å². The van der Waals surface area contributed by atoms with Crippen molar-refractivity contribution in [2.45, 2.75) is 58.8 Å². The van der Waals surface area contributed by atoms with Crippen LogP contribution in [0.3, 0.4) is 0 Å². The smallest absolute Gasteiger partial charge is 0.306 e. The van der Waals surface area contributed by atoms with Crippen molar-refractivity contribution in [1.29, 1.82) is 0 Å². The van der Waals surface area contributed by atoms with Gasteiger partial charge in [0.05, 0.1) is 18.7 Å². The van der Waals surface area contributed by atoms with Gasteiger partial charge in [0.25, 0.3) is 0 Å². The summed E-state index contributed by atoms with van der Waals surface area (Å²) >= 11 is 1.63. The van der Waals surface area contributed by atoms with Crippen LogP contribution in [0.25, 0.3) is 0 Å². The largest absolute Gasteiger partial charge is 0.466 e. The molecule has 1 aliphatic rings. The minimum atomic E-state index is -0.143. The van der Waals surface area contributed by atoms with Gasteiger partial charge in [0.1, 0.15) is 0 Å². The average Bonchev–Trinajstić information content (AvgIpc) is 3.13. The van der Waals surface area contributed by atoms with Crippen molar-refractivity contribution in [3.05, 3.63) is 11.1 Å². The molecule has 21 heavy (non-hydrogen) atoms. The topological polar surface area (TPSA) is 51.2 Å². The van der Waals surface area contributed by atoms with Crippen LogP contribution in [-0.4, -0.2) is 24.1 Å². The lowest BCUT2D eigenvalue weighted by atomic mass is 9.83. The molecule has 1 fully saturated rings. The standard InChI is InChI=1S/C16H26N2O2S/c1-3-16(9-5-6-10-16)12-17-15-18-13(11-21-15)7-8-14(19)20-4-2/h11H,3-10,12H2,1-2H3,(H,17,18). The van der Waals surface area contributed by atoms with Crippen molar-refractivity contribution >= 4 is 22.4 Å². The second kappa shape index (κ2) is 7.78. The van der Waals surface area contributed by atoms with Crippen LogP contribution >= 0.6 is 11.3 Å². The third-order valence-corrected chi connectivity index (χ3v) is 5.32. The van der Waals surface area contributed by atoms with E-state index in [1.54, 1.807) is 11.3 Å². The maximum atomic E-state index is 11.3. The Morgan fingerprint density at radius 2 is 2.19 bits per heavy atom. The Morgan fingerprint density at radius 1 is 1.43 bits per heavy atom. The number of hydrogen-bond donors (Lipinski definition) is 1. The number of aryl methyl sites for hydroxylation is 1. The fourth-order valence-electron chi connectivity index (χ4n) is 3.01. The number of thiazole rings is 1. The van der Waals surface area contributed by atoms with Crippen LogP contribution in [0.15, 0.2) is 5.38 Å². The molecule has 0 aromatic carbocycles. The summed E-state index contributed by atoms with van der Waals surface area (Å²) in [5.74, 6) is -0.143. The van der Waals surface area contributed by atoms with E-state index < -0.39 is 0 Å². The first-order valence-corrected chi connectivity index (χ1v) is 8.89. The highest BCUT2D eigenvalue weighted by molar-refractivity contribution is 7.13. The van der Waals surface area contributed by atoms with Gasteiger partial charge in [-0.3, -0.25) is 4.79 Å². The Kier molecular flexibility index (Phi) is 6.03. The Balaban J connectivity index is 1.79. The molecule has 118 valence electrons. The summed E-state index contributed by atoms with van der Waals surface area (Å²) in [6, 6.07) is 0. The minimum absolute atomic E-state index is 0.143. The highest BCUT2D eigenvalue weighted by Gasteiger charge is 2.31. The van der Waals surface area contributed by atoms with E-state index in [2.05, 4.69) is 17.2 Å². The maximum absolute atomic E-state index is 11.3. The van der Waals surface area contributed by atoms with Crippen LogP contribution in [0.4, 0.5) is 5.13 Å². The van der Waals surface area contributed by atoms with Crippen LogP contribution in [0.5, 0.6) is 0 Å². The number of anilines is 1. The van der Waals surface area contributed by atoms with Crippen molar-refractivity contribution in [2.24, 2.45) is 5.41 Å². The Bertz CT molecular complexity index is 453. The molecule has 1 aromatic heterocycles. The summed E-state index contributed by atoms with van der Waals surface area (Å²) in [4.78, 5) is 15.9. The molecule has 4 nitrogen and oxygen atoms in total. The molecule has 5 heteroatoms. The zero-order valence-corrected chi connectivity index (χ0v) is 13.9. The van der Waals surface area contributed by atoms with Gasteiger partial charge in [0.15, 0.2) is 5.13 Å². The number of hydrogen-bond acceptors (Lipinski definition) is 5. The molecule has 0 bridgehead atoms. The zero-order chi connectivity index (χ0) is 15.1. The number of nitrogens with one attached hydrogen (secondary N) is 1. The number of esters is 1. The van der Waals surface area contributed by atoms with Gasteiger partial charge in [-0.05, 0) is 31.6 Å². The molecular formula is C16H26N2O2S. The Hall–Kier alpha value is -1.10. The summed E-state index contributed by atoms with van der Waals surface area (Å²) < 4.78 is 4.93. The molecular weight excluding hydrogens is 284 g/mol. The van der Waals surface area contributed by atoms with Gasteiger partial charge < -0.3 is 10.1 Å². The van der Waals surface area contributed by atoms with E-state index in [-0.39, 0.29) is 5.97 Å². The molecule has 0 amide bonds. The zero-order valence-electron chi connectivity index (χ0n) is 13.1. The molecule has 0 spiro atoms. The summed E-state index contributed by atoms with van der Waals surface area (Å²) in [6.07, 6.45) is 7.69. The molecule has 0 saturated heterocycles. The van der Waals surface area contributed by atoms with Gasteiger partial charge in [-0.1, -0.05) is 19.8 Å². The second-order valence-electron chi connectivity index (χ2n) is 5.86. The highest BCUT2D eigenvalue weighted by Crippen LogP contribution is 2.41. The molecule has 2 rings (SSSR count). The van der Waals surface area contributed by atoms with Crippen LogP contribution in [-0.2, 0) is 16.0 Å². The number of nitrogens with zero attached hydrogens (tertiary/aromatic N) is 1. The maximum Gasteiger partial charge on any atom is 0.306 e. The van der Waals surface area contributed by atoms with Crippen LogP contribution < -0.4 is 5.32 Å². The number of ether oxygens (including phenoxy) is 1. The Labute approximate surface area is 131 Å². The van der Waals surface area contributed by atoms with E-state index >= 15 is 0 Å². The van der Waals surface area contributed by atoms with Gasteiger partial charge in [-0.2, -0.15) is 0 Å².